The van der Waals surface area contributed by atoms with Crippen LogP contribution in [0.4, 0.5) is 4.79 Å². The highest BCUT2D eigenvalue weighted by Gasteiger charge is 2.27. The number of fused-ring (bicyclic) bond motifs is 1. The second-order valence-electron chi connectivity index (χ2n) is 7.91. The van der Waals surface area contributed by atoms with E-state index in [2.05, 4.69) is 34.6 Å². The number of hydrogen-bond donors (Lipinski definition) is 1. The normalized spacial score (nSPS) is 20.0. The molecule has 1 unspecified atom stereocenters. The lowest BCUT2D eigenvalue weighted by Gasteiger charge is -2.21. The second-order valence-corrected chi connectivity index (χ2v) is 8.94. The Bertz CT molecular complexity index is 1090. The molecule has 1 N–H and O–H groups in total. The molecule has 2 atom stereocenters. The fraction of sp³-hybridized carbons (Fsp3) is 0.375. The van der Waals surface area contributed by atoms with Crippen LogP contribution < -0.4 is 5.32 Å². The summed E-state index contributed by atoms with van der Waals surface area (Å²) in [4.78, 5) is 17.4. The molecular formula is C24H25N3O3S. The molecule has 2 aliphatic carbocycles. The molecule has 2 aromatic rings. The van der Waals surface area contributed by atoms with Crippen molar-refractivity contribution >= 4 is 23.0 Å². The molecule has 1 heterocycles. The molecule has 0 fully saturated rings. The lowest BCUT2D eigenvalue weighted by molar-refractivity contribution is 0.0327. The molecular weight excluding hydrogens is 410 g/mol. The zero-order chi connectivity index (χ0) is 22.0. The van der Waals surface area contributed by atoms with Crippen LogP contribution in [0.5, 0.6) is 0 Å². The molecule has 6 nitrogen and oxygen atoms in total. The molecule has 7 heteroatoms. The maximum absolute atomic E-state index is 11.7. The molecule has 0 radical (unpaired) electrons. The number of hydrogen-bond acceptors (Lipinski definition) is 6. The van der Waals surface area contributed by atoms with Gasteiger partial charge in [-0.3, -0.25) is 0 Å². The molecule has 0 bridgehead atoms. The number of nitriles is 1. The van der Waals surface area contributed by atoms with Crippen LogP contribution in [0.2, 0.25) is 0 Å². The Morgan fingerprint density at radius 3 is 2.97 bits per heavy atom. The zero-order valence-electron chi connectivity index (χ0n) is 17.8. The maximum atomic E-state index is 11.7. The number of amides is 1. The van der Waals surface area contributed by atoms with Crippen molar-refractivity contribution in [2.75, 3.05) is 7.11 Å². The first-order chi connectivity index (χ1) is 15.0. The van der Waals surface area contributed by atoms with Crippen LogP contribution in [0, 0.1) is 11.3 Å². The quantitative estimate of drug-likeness (QED) is 0.699. The molecule has 31 heavy (non-hydrogen) atoms. The summed E-state index contributed by atoms with van der Waals surface area (Å²) in [6.07, 6.45) is 7.77. The molecule has 1 amide bonds. The molecule has 0 aliphatic heterocycles. The Kier molecular flexibility index (Phi) is 6.21. The average Bonchev–Trinajstić information content (AvgIpc) is 3.41. The van der Waals surface area contributed by atoms with Crippen molar-refractivity contribution in [3.05, 3.63) is 58.3 Å². The second kappa shape index (κ2) is 9.04. The molecule has 1 aromatic carbocycles. The highest BCUT2D eigenvalue weighted by molar-refractivity contribution is 7.16. The molecule has 0 saturated carbocycles. The Hall–Kier alpha value is -2.95. The van der Waals surface area contributed by atoms with Crippen molar-refractivity contribution in [1.82, 2.24) is 10.3 Å². The van der Waals surface area contributed by atoms with Gasteiger partial charge in [-0.25, -0.2) is 9.78 Å². The third kappa shape index (κ3) is 4.41. The summed E-state index contributed by atoms with van der Waals surface area (Å²) in [5, 5.41) is 13.4. The van der Waals surface area contributed by atoms with Gasteiger partial charge in [-0.1, -0.05) is 24.3 Å². The lowest BCUT2D eigenvalue weighted by Crippen LogP contribution is -2.26. The predicted molar refractivity (Wildman–Crippen MR) is 120 cm³/mol. The number of carbonyl (C=O) groups is 1. The Labute approximate surface area is 186 Å². The van der Waals surface area contributed by atoms with Gasteiger partial charge in [-0.2, -0.15) is 5.26 Å². The van der Waals surface area contributed by atoms with Crippen molar-refractivity contribution in [3.63, 3.8) is 0 Å². The van der Waals surface area contributed by atoms with Gasteiger partial charge >= 0.3 is 6.09 Å². The fourth-order valence-electron chi connectivity index (χ4n) is 4.16. The third-order valence-electron chi connectivity index (χ3n) is 5.54. The van der Waals surface area contributed by atoms with Gasteiger partial charge < -0.3 is 14.8 Å². The fourth-order valence-corrected chi connectivity index (χ4v) is 5.14. The van der Waals surface area contributed by atoms with Crippen LogP contribution in [0.1, 0.15) is 48.9 Å². The van der Waals surface area contributed by atoms with Crippen molar-refractivity contribution < 1.29 is 14.3 Å². The maximum Gasteiger partial charge on any atom is 0.407 e. The van der Waals surface area contributed by atoms with Gasteiger partial charge in [0.2, 0.25) is 0 Å². The summed E-state index contributed by atoms with van der Waals surface area (Å²) in [5.74, 6) is 0. The van der Waals surface area contributed by atoms with Crippen LogP contribution >= 0.6 is 11.3 Å². The number of allylic oxidation sites excluding steroid dienone is 2. The number of methoxy groups -OCH3 is 1. The molecule has 2 aliphatic rings. The first kappa shape index (κ1) is 21.3. The number of thiazole rings is 1. The number of alkyl carbamates (subject to hydrolysis) is 1. The predicted octanol–water partition coefficient (Wildman–Crippen LogP) is 5.18. The minimum Gasteiger partial charge on any atom is -0.453 e. The Morgan fingerprint density at radius 1 is 1.39 bits per heavy atom. The van der Waals surface area contributed by atoms with Crippen LogP contribution in [0.15, 0.2) is 42.1 Å². The summed E-state index contributed by atoms with van der Waals surface area (Å²) in [5.41, 5.74) is 5.14. The first-order valence-corrected chi connectivity index (χ1v) is 11.2. The van der Waals surface area contributed by atoms with Gasteiger partial charge in [-0.05, 0) is 55.9 Å². The summed E-state index contributed by atoms with van der Waals surface area (Å²) >= 11 is 1.62. The standard InChI is InChI=1S/C24H25N3O3S/c1-14(2)30-21-10-7-15(11-16(21)12-25)23-26-13-22(31-23)19-6-4-5-18-17(19)8-9-20(18)27-24(28)29-3/h4-7,11,13-14,20-21H,8-10H2,1-3H3,(H,27,28)/t20-,21?/m1/s1. The van der Waals surface area contributed by atoms with Gasteiger partial charge in [0.25, 0.3) is 0 Å². The van der Waals surface area contributed by atoms with Crippen LogP contribution in [-0.2, 0) is 15.9 Å². The van der Waals surface area contributed by atoms with E-state index in [4.69, 9.17) is 9.47 Å². The van der Waals surface area contributed by atoms with Crippen LogP contribution in [0.25, 0.3) is 16.0 Å². The summed E-state index contributed by atoms with van der Waals surface area (Å²) < 4.78 is 10.6. The molecule has 0 spiro atoms. The van der Waals surface area contributed by atoms with Crippen molar-refractivity contribution in [1.29, 1.82) is 5.26 Å². The number of rotatable bonds is 5. The van der Waals surface area contributed by atoms with E-state index in [0.717, 1.165) is 39.4 Å². The van der Waals surface area contributed by atoms with Gasteiger partial charge in [-0.15, -0.1) is 11.3 Å². The van der Waals surface area contributed by atoms with Crippen LogP contribution in [-0.4, -0.2) is 30.4 Å². The number of nitrogens with one attached hydrogen (secondary N) is 1. The number of benzene rings is 1. The number of nitrogens with zero attached hydrogens (tertiary/aromatic N) is 2. The number of aromatic nitrogens is 1. The monoisotopic (exact) mass is 435 g/mol. The number of ether oxygens (including phenoxy) is 2. The van der Waals surface area contributed by atoms with Crippen molar-refractivity contribution in [2.45, 2.75) is 51.4 Å². The SMILES string of the molecule is COC(=O)N[C@@H]1CCc2c(-c3cnc(C4=CCC(OC(C)C)C(C#N)=C4)s3)cccc21. The van der Waals surface area contributed by atoms with Crippen molar-refractivity contribution in [3.8, 4) is 16.5 Å². The van der Waals surface area contributed by atoms with E-state index in [0.29, 0.717) is 12.0 Å². The van der Waals surface area contributed by atoms with Gasteiger partial charge in [0.15, 0.2) is 0 Å². The summed E-state index contributed by atoms with van der Waals surface area (Å²) in [6.45, 7) is 3.95. The van der Waals surface area contributed by atoms with E-state index < -0.39 is 6.09 Å². The van der Waals surface area contributed by atoms with Gasteiger partial charge in [0.1, 0.15) is 5.01 Å². The van der Waals surface area contributed by atoms with E-state index in [1.807, 2.05) is 32.2 Å². The van der Waals surface area contributed by atoms with E-state index in [-0.39, 0.29) is 18.2 Å². The lowest BCUT2D eigenvalue weighted by atomic mass is 9.97. The van der Waals surface area contributed by atoms with Gasteiger partial charge in [0.05, 0.1) is 41.9 Å². The van der Waals surface area contributed by atoms with Gasteiger partial charge in [0, 0.05) is 11.8 Å². The molecule has 160 valence electrons. The smallest absolute Gasteiger partial charge is 0.407 e. The third-order valence-corrected chi connectivity index (χ3v) is 6.62. The molecule has 4 rings (SSSR count). The van der Waals surface area contributed by atoms with Crippen LogP contribution in [0.3, 0.4) is 0 Å². The molecule has 0 saturated heterocycles. The first-order valence-electron chi connectivity index (χ1n) is 10.4. The topological polar surface area (TPSA) is 84.2 Å². The summed E-state index contributed by atoms with van der Waals surface area (Å²) in [6, 6.07) is 8.44. The average molecular weight is 436 g/mol. The minimum absolute atomic E-state index is 0.0325. The Morgan fingerprint density at radius 2 is 2.23 bits per heavy atom. The van der Waals surface area contributed by atoms with E-state index in [9.17, 15) is 10.1 Å². The Balaban J connectivity index is 1.59. The highest BCUT2D eigenvalue weighted by Crippen LogP contribution is 2.41. The molecule has 1 aromatic heterocycles. The highest BCUT2D eigenvalue weighted by atomic mass is 32.1. The zero-order valence-corrected chi connectivity index (χ0v) is 18.7. The minimum atomic E-state index is -0.410. The van der Waals surface area contributed by atoms with Crippen molar-refractivity contribution in [2.24, 2.45) is 0 Å². The van der Waals surface area contributed by atoms with E-state index >= 15 is 0 Å². The van der Waals surface area contributed by atoms with E-state index in [1.54, 1.807) is 11.3 Å². The number of carbonyl (C=O) groups excluding carboxylic acids is 1. The largest absolute Gasteiger partial charge is 0.453 e. The summed E-state index contributed by atoms with van der Waals surface area (Å²) in [7, 11) is 1.38. The van der Waals surface area contributed by atoms with E-state index in [1.165, 1.54) is 12.7 Å².